The zero-order chi connectivity index (χ0) is 15.8. The van der Waals surface area contributed by atoms with Gasteiger partial charge in [0, 0.05) is 25.3 Å². The SMILES string of the molecule is COc1ccc(S(=O)(=O)N2C[C@@H](CO)[C@H](C)C2)c(C)c1F. The second-order valence-electron chi connectivity index (χ2n) is 5.45. The number of methoxy groups -OCH3 is 1. The Labute approximate surface area is 124 Å². The van der Waals surface area contributed by atoms with Gasteiger partial charge in [0.1, 0.15) is 0 Å². The second kappa shape index (κ2) is 5.90. The maximum Gasteiger partial charge on any atom is 0.243 e. The summed E-state index contributed by atoms with van der Waals surface area (Å²) in [6.45, 7) is 3.86. The molecule has 5 nitrogen and oxygen atoms in total. The van der Waals surface area contributed by atoms with Crippen LogP contribution >= 0.6 is 0 Å². The summed E-state index contributed by atoms with van der Waals surface area (Å²) in [5.74, 6) is -0.643. The molecule has 0 unspecified atom stereocenters. The second-order valence-corrected chi connectivity index (χ2v) is 7.35. The minimum absolute atomic E-state index is 0.0227. The van der Waals surface area contributed by atoms with Gasteiger partial charge in [0.2, 0.25) is 10.0 Å². The van der Waals surface area contributed by atoms with Crippen LogP contribution in [0, 0.1) is 24.6 Å². The molecule has 1 fully saturated rings. The van der Waals surface area contributed by atoms with Crippen LogP contribution in [-0.4, -0.2) is 44.6 Å². The molecule has 2 atom stereocenters. The van der Waals surface area contributed by atoms with E-state index in [0.29, 0.717) is 6.54 Å². The van der Waals surface area contributed by atoms with Crippen LogP contribution in [0.2, 0.25) is 0 Å². The van der Waals surface area contributed by atoms with Crippen LogP contribution in [0.15, 0.2) is 17.0 Å². The summed E-state index contributed by atoms with van der Waals surface area (Å²) in [6.07, 6.45) is 0. The topological polar surface area (TPSA) is 66.8 Å². The Morgan fingerprint density at radius 1 is 1.43 bits per heavy atom. The molecule has 1 saturated heterocycles. The lowest BCUT2D eigenvalue weighted by atomic mass is 10.00. The van der Waals surface area contributed by atoms with Gasteiger partial charge >= 0.3 is 0 Å². The van der Waals surface area contributed by atoms with Crippen LogP contribution in [0.5, 0.6) is 5.75 Å². The summed E-state index contributed by atoms with van der Waals surface area (Å²) in [5, 5.41) is 9.26. The molecule has 1 aliphatic heterocycles. The van der Waals surface area contributed by atoms with Crippen molar-refractivity contribution in [2.75, 3.05) is 26.8 Å². The molecule has 118 valence electrons. The first-order chi connectivity index (χ1) is 9.82. The van der Waals surface area contributed by atoms with Crippen LogP contribution in [0.25, 0.3) is 0 Å². The van der Waals surface area contributed by atoms with E-state index in [4.69, 9.17) is 4.74 Å². The Balaban J connectivity index is 2.40. The van der Waals surface area contributed by atoms with Crippen molar-refractivity contribution in [3.63, 3.8) is 0 Å². The smallest absolute Gasteiger partial charge is 0.243 e. The highest BCUT2D eigenvalue weighted by Gasteiger charge is 2.37. The van der Waals surface area contributed by atoms with E-state index in [1.54, 1.807) is 0 Å². The summed E-state index contributed by atoms with van der Waals surface area (Å²) in [4.78, 5) is -0.0495. The molecule has 1 aromatic rings. The molecule has 1 N–H and O–H groups in total. The molecule has 0 amide bonds. The first kappa shape index (κ1) is 16.2. The molecule has 0 radical (unpaired) electrons. The number of aliphatic hydroxyl groups is 1. The molecule has 0 bridgehead atoms. The predicted molar refractivity (Wildman–Crippen MR) is 76.2 cm³/mol. The number of ether oxygens (including phenoxy) is 1. The van der Waals surface area contributed by atoms with E-state index in [1.165, 1.54) is 30.5 Å². The van der Waals surface area contributed by atoms with Crippen molar-refractivity contribution < 1.29 is 22.7 Å². The van der Waals surface area contributed by atoms with E-state index in [9.17, 15) is 17.9 Å². The number of rotatable bonds is 4. The van der Waals surface area contributed by atoms with Crippen molar-refractivity contribution >= 4 is 10.0 Å². The van der Waals surface area contributed by atoms with Gasteiger partial charge in [0.25, 0.3) is 0 Å². The summed E-state index contributed by atoms with van der Waals surface area (Å²) >= 11 is 0. The lowest BCUT2D eigenvalue weighted by Crippen LogP contribution is -2.30. The van der Waals surface area contributed by atoms with Gasteiger partial charge < -0.3 is 9.84 Å². The maximum absolute atomic E-state index is 14.1. The number of nitrogens with zero attached hydrogens (tertiary/aromatic N) is 1. The molecule has 1 aromatic carbocycles. The number of hydrogen-bond donors (Lipinski definition) is 1. The molecule has 2 rings (SSSR count). The molecule has 7 heteroatoms. The monoisotopic (exact) mass is 317 g/mol. The first-order valence-corrected chi connectivity index (χ1v) is 8.21. The molecule has 1 heterocycles. The number of aliphatic hydroxyl groups excluding tert-OH is 1. The molecule has 0 aliphatic carbocycles. The standard InChI is InChI=1S/C14H20FNO4S/c1-9-6-16(7-11(9)8-17)21(18,19)13-5-4-12(20-3)14(15)10(13)2/h4-5,9,11,17H,6-8H2,1-3H3/t9-,11+/m1/s1. The lowest BCUT2D eigenvalue weighted by molar-refractivity contribution is 0.210. The Bertz CT molecular complexity index is 632. The van der Waals surface area contributed by atoms with Crippen molar-refractivity contribution in [1.29, 1.82) is 0 Å². The minimum atomic E-state index is -3.77. The lowest BCUT2D eigenvalue weighted by Gasteiger charge is -2.18. The molecule has 21 heavy (non-hydrogen) atoms. The average Bonchev–Trinajstić information content (AvgIpc) is 2.83. The van der Waals surface area contributed by atoms with Crippen LogP contribution < -0.4 is 4.74 Å². The fraction of sp³-hybridized carbons (Fsp3) is 0.571. The van der Waals surface area contributed by atoms with E-state index in [0.717, 1.165) is 0 Å². The van der Waals surface area contributed by atoms with Gasteiger partial charge in [-0.3, -0.25) is 0 Å². The highest BCUT2D eigenvalue weighted by atomic mass is 32.2. The summed E-state index contributed by atoms with van der Waals surface area (Å²) in [7, 11) is -2.43. The Hall–Kier alpha value is -1.18. The largest absolute Gasteiger partial charge is 0.494 e. The predicted octanol–water partition coefficient (Wildman–Crippen LogP) is 1.39. The third-order valence-corrected chi connectivity index (χ3v) is 6.08. The Morgan fingerprint density at radius 3 is 2.62 bits per heavy atom. The van der Waals surface area contributed by atoms with Crippen LogP contribution in [0.4, 0.5) is 4.39 Å². The summed E-state index contributed by atoms with van der Waals surface area (Å²) < 4.78 is 45.5. The average molecular weight is 317 g/mol. The molecule has 0 spiro atoms. The molecule has 1 aliphatic rings. The van der Waals surface area contributed by atoms with Crippen molar-refractivity contribution in [2.45, 2.75) is 18.7 Å². The van der Waals surface area contributed by atoms with E-state index in [-0.39, 0.29) is 41.2 Å². The molecule has 0 aromatic heterocycles. The first-order valence-electron chi connectivity index (χ1n) is 6.77. The minimum Gasteiger partial charge on any atom is -0.494 e. The number of benzene rings is 1. The number of sulfonamides is 1. The zero-order valence-electron chi connectivity index (χ0n) is 12.3. The van der Waals surface area contributed by atoms with E-state index < -0.39 is 15.8 Å². The van der Waals surface area contributed by atoms with Crippen LogP contribution in [0.3, 0.4) is 0 Å². The van der Waals surface area contributed by atoms with Crippen LogP contribution in [-0.2, 0) is 10.0 Å². The zero-order valence-corrected chi connectivity index (χ0v) is 13.2. The highest BCUT2D eigenvalue weighted by Crippen LogP contribution is 2.32. The van der Waals surface area contributed by atoms with E-state index >= 15 is 0 Å². The van der Waals surface area contributed by atoms with Gasteiger partial charge in [0.15, 0.2) is 11.6 Å². The fourth-order valence-corrected chi connectivity index (χ4v) is 4.45. The molecular weight excluding hydrogens is 297 g/mol. The van der Waals surface area contributed by atoms with Crippen molar-refractivity contribution in [2.24, 2.45) is 11.8 Å². The van der Waals surface area contributed by atoms with Crippen molar-refractivity contribution in [3.05, 3.63) is 23.5 Å². The van der Waals surface area contributed by atoms with Gasteiger partial charge in [-0.05, 0) is 30.9 Å². The Kier molecular flexibility index (Phi) is 4.55. The van der Waals surface area contributed by atoms with Gasteiger partial charge in [0.05, 0.1) is 12.0 Å². The van der Waals surface area contributed by atoms with Crippen molar-refractivity contribution in [1.82, 2.24) is 4.31 Å². The maximum atomic E-state index is 14.1. The summed E-state index contributed by atoms with van der Waals surface area (Å²) in [5.41, 5.74) is 0.0504. The molecule has 0 saturated carbocycles. The third-order valence-electron chi connectivity index (χ3n) is 4.11. The summed E-state index contributed by atoms with van der Waals surface area (Å²) in [6, 6.07) is 2.68. The van der Waals surface area contributed by atoms with Gasteiger partial charge in [-0.15, -0.1) is 0 Å². The Morgan fingerprint density at radius 2 is 2.10 bits per heavy atom. The van der Waals surface area contributed by atoms with E-state index in [1.807, 2.05) is 6.92 Å². The van der Waals surface area contributed by atoms with Crippen LogP contribution in [0.1, 0.15) is 12.5 Å². The van der Waals surface area contributed by atoms with E-state index in [2.05, 4.69) is 0 Å². The normalized spacial score (nSPS) is 23.5. The van der Waals surface area contributed by atoms with Gasteiger partial charge in [-0.25, -0.2) is 12.8 Å². The fourth-order valence-electron chi connectivity index (χ4n) is 2.64. The van der Waals surface area contributed by atoms with Crippen molar-refractivity contribution in [3.8, 4) is 5.75 Å². The quantitative estimate of drug-likeness (QED) is 0.911. The van der Waals surface area contributed by atoms with Gasteiger partial charge in [-0.2, -0.15) is 4.31 Å². The number of hydrogen-bond acceptors (Lipinski definition) is 4. The third kappa shape index (κ3) is 2.77. The number of halogens is 1. The molecular formula is C14H20FNO4S. The van der Waals surface area contributed by atoms with Gasteiger partial charge in [-0.1, -0.05) is 6.92 Å². The highest BCUT2D eigenvalue weighted by molar-refractivity contribution is 7.89.